The van der Waals surface area contributed by atoms with Crippen LogP contribution in [-0.4, -0.2) is 15.9 Å². The number of halogens is 1. The number of aromatic nitrogens is 2. The van der Waals surface area contributed by atoms with E-state index in [1.54, 1.807) is 7.05 Å². The van der Waals surface area contributed by atoms with Gasteiger partial charge in [0.05, 0.1) is 6.20 Å². The third-order valence-electron chi connectivity index (χ3n) is 0.932. The largest absolute Gasteiger partial charge is 0.272 e. The van der Waals surface area contributed by atoms with Crippen LogP contribution in [0.3, 0.4) is 0 Å². The van der Waals surface area contributed by atoms with Crippen LogP contribution in [0.2, 0.25) is 5.15 Å². The molecule has 1 heterocycles. The highest BCUT2D eigenvalue weighted by atomic mass is 35.5. The van der Waals surface area contributed by atoms with Gasteiger partial charge in [-0.2, -0.15) is 10.1 Å². The van der Waals surface area contributed by atoms with Gasteiger partial charge in [-0.3, -0.25) is 4.68 Å². The monoisotopic (exact) mass is 157 g/mol. The Bertz CT molecular complexity index is 287. The molecule has 0 saturated carbocycles. The first-order valence-electron chi connectivity index (χ1n) is 2.51. The third-order valence-corrected chi connectivity index (χ3v) is 1.20. The second kappa shape index (κ2) is 2.64. The summed E-state index contributed by atoms with van der Waals surface area (Å²) in [7, 11) is 1.69. The van der Waals surface area contributed by atoms with Crippen molar-refractivity contribution < 1.29 is 4.79 Å². The van der Waals surface area contributed by atoms with Crippen LogP contribution in [0.4, 0.5) is 5.69 Å². The first-order valence-corrected chi connectivity index (χ1v) is 2.89. The third kappa shape index (κ3) is 1.23. The van der Waals surface area contributed by atoms with Crippen LogP contribution in [0.1, 0.15) is 0 Å². The summed E-state index contributed by atoms with van der Waals surface area (Å²) < 4.78 is 1.47. The van der Waals surface area contributed by atoms with Gasteiger partial charge >= 0.3 is 0 Å². The minimum atomic E-state index is 0.214. The second-order valence-corrected chi connectivity index (χ2v) is 2.04. The number of rotatable bonds is 1. The maximum absolute atomic E-state index is 9.75. The Hall–Kier alpha value is -1.12. The molecule has 0 radical (unpaired) electrons. The zero-order valence-corrected chi connectivity index (χ0v) is 5.96. The molecule has 1 rings (SSSR count). The zero-order valence-electron chi connectivity index (χ0n) is 5.21. The maximum Gasteiger partial charge on any atom is 0.240 e. The molecule has 0 fully saturated rings. The predicted molar refractivity (Wildman–Crippen MR) is 36.0 cm³/mol. The minimum absolute atomic E-state index is 0.214. The lowest BCUT2D eigenvalue weighted by molar-refractivity contribution is 0.565. The van der Waals surface area contributed by atoms with Crippen LogP contribution in [0.25, 0.3) is 0 Å². The van der Waals surface area contributed by atoms with Crippen LogP contribution >= 0.6 is 11.6 Å². The number of isocyanates is 1. The molecule has 5 heteroatoms. The van der Waals surface area contributed by atoms with Crippen molar-refractivity contribution in [3.8, 4) is 0 Å². The van der Waals surface area contributed by atoms with Crippen LogP contribution in [-0.2, 0) is 11.8 Å². The van der Waals surface area contributed by atoms with E-state index in [-0.39, 0.29) is 5.15 Å². The number of aryl methyl sites for hydroxylation is 1. The Morgan fingerprint density at radius 1 is 1.90 bits per heavy atom. The molecule has 0 saturated heterocycles. The van der Waals surface area contributed by atoms with E-state index >= 15 is 0 Å². The van der Waals surface area contributed by atoms with Crippen LogP contribution in [0.5, 0.6) is 0 Å². The molecule has 0 N–H and O–H groups in total. The first kappa shape index (κ1) is 6.99. The Labute approximate surface area is 62.1 Å². The highest BCUT2D eigenvalue weighted by Crippen LogP contribution is 2.20. The predicted octanol–water partition coefficient (Wildman–Crippen LogP) is 1.04. The van der Waals surface area contributed by atoms with Gasteiger partial charge in [0, 0.05) is 7.05 Å². The van der Waals surface area contributed by atoms with Crippen molar-refractivity contribution in [2.75, 3.05) is 0 Å². The Morgan fingerprint density at radius 2 is 2.60 bits per heavy atom. The molecule has 52 valence electrons. The van der Waals surface area contributed by atoms with Crippen molar-refractivity contribution in [2.24, 2.45) is 12.0 Å². The molecule has 0 aliphatic carbocycles. The quantitative estimate of drug-likeness (QED) is 0.452. The van der Waals surface area contributed by atoms with E-state index in [9.17, 15) is 4.79 Å². The zero-order chi connectivity index (χ0) is 7.56. The Balaban J connectivity index is 3.14. The van der Waals surface area contributed by atoms with Crippen molar-refractivity contribution in [2.45, 2.75) is 0 Å². The van der Waals surface area contributed by atoms with E-state index in [0.717, 1.165) is 0 Å². The van der Waals surface area contributed by atoms with Gasteiger partial charge in [0.25, 0.3) is 0 Å². The molecule has 10 heavy (non-hydrogen) atoms. The average Bonchev–Trinajstić information content (AvgIpc) is 2.13. The fraction of sp³-hybridized carbons (Fsp3) is 0.200. The van der Waals surface area contributed by atoms with Gasteiger partial charge in [0.1, 0.15) is 5.69 Å². The van der Waals surface area contributed by atoms with Crippen molar-refractivity contribution in [3.63, 3.8) is 0 Å². The molecule has 0 amide bonds. The summed E-state index contributed by atoms with van der Waals surface area (Å²) in [6, 6.07) is 0. The van der Waals surface area contributed by atoms with Crippen LogP contribution in [0.15, 0.2) is 11.2 Å². The minimum Gasteiger partial charge on any atom is -0.272 e. The molecule has 1 aromatic heterocycles. The SMILES string of the molecule is Cn1cc(N=C=O)c(Cl)n1. The van der Waals surface area contributed by atoms with E-state index < -0.39 is 0 Å². The molecule has 0 aromatic carbocycles. The summed E-state index contributed by atoms with van der Waals surface area (Å²) >= 11 is 5.52. The van der Waals surface area contributed by atoms with Crippen LogP contribution in [0, 0.1) is 0 Å². The molecule has 0 atom stereocenters. The van der Waals surface area contributed by atoms with Gasteiger partial charge in [-0.05, 0) is 0 Å². The average molecular weight is 158 g/mol. The lowest BCUT2D eigenvalue weighted by Gasteiger charge is -1.78. The fourth-order valence-electron chi connectivity index (χ4n) is 0.573. The smallest absolute Gasteiger partial charge is 0.240 e. The molecular weight excluding hydrogens is 154 g/mol. The number of hydrogen-bond acceptors (Lipinski definition) is 3. The molecule has 0 bridgehead atoms. The summed E-state index contributed by atoms with van der Waals surface area (Å²) in [4.78, 5) is 13.1. The molecule has 0 spiro atoms. The van der Waals surface area contributed by atoms with Crippen molar-refractivity contribution in [3.05, 3.63) is 11.3 Å². The number of carbonyl (C=O) groups excluding carboxylic acids is 1. The summed E-state index contributed by atoms with van der Waals surface area (Å²) in [5.74, 6) is 0. The summed E-state index contributed by atoms with van der Waals surface area (Å²) in [6.07, 6.45) is 2.91. The van der Waals surface area contributed by atoms with E-state index in [1.807, 2.05) is 0 Å². The molecule has 0 aliphatic rings. The van der Waals surface area contributed by atoms with E-state index in [2.05, 4.69) is 10.1 Å². The Kier molecular flexibility index (Phi) is 1.85. The van der Waals surface area contributed by atoms with Crippen LogP contribution < -0.4 is 0 Å². The highest BCUT2D eigenvalue weighted by Gasteiger charge is 2.01. The maximum atomic E-state index is 9.75. The molecule has 0 aliphatic heterocycles. The molecular formula is C5H4ClN3O. The topological polar surface area (TPSA) is 47.2 Å². The lowest BCUT2D eigenvalue weighted by Crippen LogP contribution is -1.84. The first-order chi connectivity index (χ1) is 4.74. The highest BCUT2D eigenvalue weighted by molar-refractivity contribution is 6.31. The van der Waals surface area contributed by atoms with Gasteiger partial charge < -0.3 is 0 Å². The molecule has 4 nitrogen and oxygen atoms in total. The summed E-state index contributed by atoms with van der Waals surface area (Å²) in [6.45, 7) is 0. The standard InChI is InChI=1S/C5H4ClN3O/c1-9-2-4(7-3-10)5(6)8-9/h2H,1H3. The molecule has 0 unspecified atom stereocenters. The molecule has 1 aromatic rings. The van der Waals surface area contributed by atoms with Crippen molar-refractivity contribution >= 4 is 23.4 Å². The normalized spacial score (nSPS) is 9.00. The Morgan fingerprint density at radius 3 is 3.00 bits per heavy atom. The summed E-state index contributed by atoms with van der Waals surface area (Å²) in [5, 5.41) is 3.95. The lowest BCUT2D eigenvalue weighted by atomic mass is 10.6. The number of aliphatic imine (C=N–C) groups is 1. The summed E-state index contributed by atoms with van der Waals surface area (Å²) in [5.41, 5.74) is 0.346. The van der Waals surface area contributed by atoms with Gasteiger partial charge in [0.2, 0.25) is 6.08 Å². The number of nitrogens with zero attached hydrogens (tertiary/aromatic N) is 3. The van der Waals surface area contributed by atoms with E-state index in [1.165, 1.54) is 17.0 Å². The van der Waals surface area contributed by atoms with E-state index in [0.29, 0.717) is 5.69 Å². The van der Waals surface area contributed by atoms with Gasteiger partial charge in [-0.15, -0.1) is 0 Å². The van der Waals surface area contributed by atoms with Gasteiger partial charge in [-0.25, -0.2) is 4.79 Å². The van der Waals surface area contributed by atoms with E-state index in [4.69, 9.17) is 11.6 Å². The number of hydrogen-bond donors (Lipinski definition) is 0. The fourth-order valence-corrected chi connectivity index (χ4v) is 0.783. The van der Waals surface area contributed by atoms with Crippen molar-refractivity contribution in [1.82, 2.24) is 9.78 Å². The van der Waals surface area contributed by atoms with Gasteiger partial charge in [-0.1, -0.05) is 11.6 Å². The van der Waals surface area contributed by atoms with Gasteiger partial charge in [0.15, 0.2) is 5.15 Å². The van der Waals surface area contributed by atoms with Crippen molar-refractivity contribution in [1.29, 1.82) is 0 Å². The second-order valence-electron chi connectivity index (χ2n) is 1.68.